The van der Waals surface area contributed by atoms with Crippen LogP contribution in [0.25, 0.3) is 0 Å². The van der Waals surface area contributed by atoms with E-state index >= 15 is 0 Å². The van der Waals surface area contributed by atoms with E-state index in [1.807, 2.05) is 24.3 Å². The molecule has 0 saturated carbocycles. The monoisotopic (exact) mass is 284 g/mol. The average Bonchev–Trinajstić information content (AvgIpc) is 2.89. The zero-order valence-electron chi connectivity index (χ0n) is 12.3. The number of benzene rings is 2. The van der Waals surface area contributed by atoms with E-state index in [9.17, 15) is 4.39 Å². The van der Waals surface area contributed by atoms with E-state index in [4.69, 9.17) is 5.73 Å². The molecule has 0 spiro atoms. The average molecular weight is 284 g/mol. The van der Waals surface area contributed by atoms with Crippen molar-refractivity contribution in [2.75, 3.05) is 18.0 Å². The first-order valence-corrected chi connectivity index (χ1v) is 7.49. The first-order valence-electron chi connectivity index (χ1n) is 7.49. The standard InChI is InChI=1S/C18H21FN2/c1-13(18(20)15-5-3-2-4-6-15)12-21-10-9-14-7-8-16(19)11-17(14)21/h2-8,11,13,18H,9-10,12,20H2,1H3. The predicted octanol–water partition coefficient (Wildman–Crippen LogP) is 3.52. The van der Waals surface area contributed by atoms with Crippen LogP contribution in [0.1, 0.15) is 24.1 Å². The molecule has 2 atom stereocenters. The fraction of sp³-hybridized carbons (Fsp3) is 0.333. The molecule has 1 heterocycles. The molecule has 2 aromatic rings. The number of rotatable bonds is 4. The lowest BCUT2D eigenvalue weighted by molar-refractivity contribution is 0.467. The van der Waals surface area contributed by atoms with Crippen molar-refractivity contribution >= 4 is 5.69 Å². The number of fused-ring (bicyclic) bond motifs is 1. The Kier molecular flexibility index (Phi) is 3.93. The Morgan fingerprint density at radius 3 is 2.71 bits per heavy atom. The van der Waals surface area contributed by atoms with Gasteiger partial charge in [0, 0.05) is 24.8 Å². The van der Waals surface area contributed by atoms with Gasteiger partial charge in [-0.2, -0.15) is 0 Å². The van der Waals surface area contributed by atoms with Gasteiger partial charge in [0.25, 0.3) is 0 Å². The topological polar surface area (TPSA) is 29.3 Å². The van der Waals surface area contributed by atoms with E-state index in [-0.39, 0.29) is 11.9 Å². The Morgan fingerprint density at radius 2 is 1.95 bits per heavy atom. The van der Waals surface area contributed by atoms with Crippen molar-refractivity contribution in [3.05, 3.63) is 65.5 Å². The van der Waals surface area contributed by atoms with Crippen molar-refractivity contribution in [2.24, 2.45) is 11.7 Å². The summed E-state index contributed by atoms with van der Waals surface area (Å²) in [6.07, 6.45) is 0.989. The van der Waals surface area contributed by atoms with Gasteiger partial charge in [0.15, 0.2) is 0 Å². The van der Waals surface area contributed by atoms with E-state index < -0.39 is 0 Å². The van der Waals surface area contributed by atoms with Gasteiger partial charge in [-0.25, -0.2) is 4.39 Å². The summed E-state index contributed by atoms with van der Waals surface area (Å²) in [5.41, 5.74) is 9.78. The summed E-state index contributed by atoms with van der Waals surface area (Å²) in [5.74, 6) is 0.141. The first kappa shape index (κ1) is 14.1. The zero-order chi connectivity index (χ0) is 14.8. The molecule has 21 heavy (non-hydrogen) atoms. The van der Waals surface area contributed by atoms with Gasteiger partial charge in [0.2, 0.25) is 0 Å². The van der Waals surface area contributed by atoms with Crippen LogP contribution in [0.3, 0.4) is 0 Å². The molecule has 0 amide bonds. The molecule has 0 saturated heterocycles. The van der Waals surface area contributed by atoms with Gasteiger partial charge in [-0.15, -0.1) is 0 Å². The van der Waals surface area contributed by atoms with E-state index in [1.54, 1.807) is 12.1 Å². The quantitative estimate of drug-likeness (QED) is 0.930. The van der Waals surface area contributed by atoms with Crippen molar-refractivity contribution < 1.29 is 4.39 Å². The summed E-state index contributed by atoms with van der Waals surface area (Å²) >= 11 is 0. The van der Waals surface area contributed by atoms with Gasteiger partial charge in [-0.3, -0.25) is 0 Å². The van der Waals surface area contributed by atoms with Crippen LogP contribution in [-0.4, -0.2) is 13.1 Å². The molecular weight excluding hydrogens is 263 g/mol. The lowest BCUT2D eigenvalue weighted by Crippen LogP contribution is -2.32. The number of nitrogens with zero attached hydrogens (tertiary/aromatic N) is 1. The van der Waals surface area contributed by atoms with Crippen LogP contribution in [0.4, 0.5) is 10.1 Å². The normalized spacial score (nSPS) is 16.6. The van der Waals surface area contributed by atoms with Crippen LogP contribution in [0.15, 0.2) is 48.5 Å². The molecule has 0 bridgehead atoms. The fourth-order valence-electron chi connectivity index (χ4n) is 3.07. The molecule has 2 N–H and O–H groups in total. The van der Waals surface area contributed by atoms with Gasteiger partial charge < -0.3 is 10.6 Å². The lowest BCUT2D eigenvalue weighted by atomic mass is 9.95. The minimum atomic E-state index is -0.166. The number of hydrogen-bond donors (Lipinski definition) is 1. The highest BCUT2D eigenvalue weighted by Gasteiger charge is 2.24. The second kappa shape index (κ2) is 5.86. The molecule has 110 valence electrons. The van der Waals surface area contributed by atoms with Crippen molar-refractivity contribution in [1.29, 1.82) is 0 Å². The molecule has 1 aliphatic rings. The third-order valence-corrected chi connectivity index (χ3v) is 4.34. The van der Waals surface area contributed by atoms with Crippen LogP contribution in [0.5, 0.6) is 0 Å². The number of halogens is 1. The minimum absolute atomic E-state index is 0.00353. The van der Waals surface area contributed by atoms with E-state index in [0.717, 1.165) is 30.8 Å². The third kappa shape index (κ3) is 2.93. The molecule has 2 aromatic carbocycles. The summed E-state index contributed by atoms with van der Waals surface area (Å²) in [7, 11) is 0. The fourth-order valence-corrected chi connectivity index (χ4v) is 3.07. The maximum atomic E-state index is 13.4. The highest BCUT2D eigenvalue weighted by Crippen LogP contribution is 2.31. The Balaban J connectivity index is 1.72. The first-order chi connectivity index (χ1) is 10.1. The van der Waals surface area contributed by atoms with Gasteiger partial charge >= 0.3 is 0 Å². The van der Waals surface area contributed by atoms with Crippen LogP contribution >= 0.6 is 0 Å². The molecular formula is C18H21FN2. The van der Waals surface area contributed by atoms with Crippen LogP contribution in [-0.2, 0) is 6.42 Å². The highest BCUT2D eigenvalue weighted by molar-refractivity contribution is 5.58. The molecule has 1 aliphatic heterocycles. The SMILES string of the molecule is CC(CN1CCc2ccc(F)cc21)C(N)c1ccccc1. The van der Waals surface area contributed by atoms with Gasteiger partial charge in [0.1, 0.15) is 5.82 Å². The molecule has 0 aromatic heterocycles. The van der Waals surface area contributed by atoms with Crippen molar-refractivity contribution in [3.8, 4) is 0 Å². The second-order valence-electron chi connectivity index (χ2n) is 5.88. The zero-order valence-corrected chi connectivity index (χ0v) is 12.3. The number of nitrogens with two attached hydrogens (primary N) is 1. The predicted molar refractivity (Wildman–Crippen MR) is 84.9 cm³/mol. The highest BCUT2D eigenvalue weighted by atomic mass is 19.1. The Labute approximate surface area is 125 Å². The number of anilines is 1. The summed E-state index contributed by atoms with van der Waals surface area (Å²) < 4.78 is 13.4. The molecule has 0 fully saturated rings. The summed E-state index contributed by atoms with van der Waals surface area (Å²) in [6, 6.07) is 15.3. The summed E-state index contributed by atoms with van der Waals surface area (Å²) in [5, 5.41) is 0. The Hall–Kier alpha value is -1.87. The smallest absolute Gasteiger partial charge is 0.125 e. The largest absolute Gasteiger partial charge is 0.371 e. The summed E-state index contributed by atoms with van der Waals surface area (Å²) in [4.78, 5) is 2.26. The van der Waals surface area contributed by atoms with E-state index in [0.29, 0.717) is 5.92 Å². The molecule has 3 heteroatoms. The lowest BCUT2D eigenvalue weighted by Gasteiger charge is -2.27. The Morgan fingerprint density at radius 1 is 1.19 bits per heavy atom. The van der Waals surface area contributed by atoms with Crippen molar-refractivity contribution in [3.63, 3.8) is 0 Å². The molecule has 2 nitrogen and oxygen atoms in total. The van der Waals surface area contributed by atoms with Crippen molar-refractivity contribution in [1.82, 2.24) is 0 Å². The molecule has 0 aliphatic carbocycles. The van der Waals surface area contributed by atoms with Gasteiger partial charge in [0.05, 0.1) is 0 Å². The molecule has 0 radical (unpaired) electrons. The summed E-state index contributed by atoms with van der Waals surface area (Å²) in [6.45, 7) is 3.96. The van der Waals surface area contributed by atoms with Crippen molar-refractivity contribution in [2.45, 2.75) is 19.4 Å². The van der Waals surface area contributed by atoms with E-state index in [1.165, 1.54) is 5.56 Å². The minimum Gasteiger partial charge on any atom is -0.371 e. The van der Waals surface area contributed by atoms with Crippen LogP contribution in [0.2, 0.25) is 0 Å². The number of hydrogen-bond acceptors (Lipinski definition) is 2. The maximum absolute atomic E-state index is 13.4. The van der Waals surface area contributed by atoms with Crippen LogP contribution < -0.4 is 10.6 Å². The van der Waals surface area contributed by atoms with Crippen LogP contribution in [0, 0.1) is 11.7 Å². The van der Waals surface area contributed by atoms with Gasteiger partial charge in [-0.05, 0) is 35.6 Å². The molecule has 3 rings (SSSR count). The van der Waals surface area contributed by atoms with E-state index in [2.05, 4.69) is 24.0 Å². The molecule has 2 unspecified atom stereocenters. The third-order valence-electron chi connectivity index (χ3n) is 4.34. The Bertz CT molecular complexity index is 612. The van der Waals surface area contributed by atoms with Gasteiger partial charge in [-0.1, -0.05) is 43.3 Å². The maximum Gasteiger partial charge on any atom is 0.125 e. The second-order valence-corrected chi connectivity index (χ2v) is 5.88.